The number of hydrogen-bond acceptors (Lipinski definition) is 3. The van der Waals surface area contributed by atoms with Crippen molar-refractivity contribution >= 4 is 11.9 Å². The van der Waals surface area contributed by atoms with Gasteiger partial charge in [-0.25, -0.2) is 9.18 Å². The van der Waals surface area contributed by atoms with Gasteiger partial charge >= 0.3 is 6.03 Å². The number of aliphatic hydroxyl groups is 1. The van der Waals surface area contributed by atoms with E-state index in [1.54, 1.807) is 5.32 Å². The first-order chi connectivity index (χ1) is 5.50. The third-order valence-electron chi connectivity index (χ3n) is 1.82. The number of nitrogens with one attached hydrogen (secondary N) is 2. The first kappa shape index (κ1) is 8.92. The molecule has 1 rings (SSSR count). The number of hydrogen-bond donors (Lipinski definition) is 3. The van der Waals surface area contributed by atoms with E-state index in [9.17, 15) is 14.0 Å². The lowest BCUT2D eigenvalue weighted by molar-refractivity contribution is -0.144. The summed E-state index contributed by atoms with van der Waals surface area (Å²) in [6.45, 7) is 1.40. The van der Waals surface area contributed by atoms with E-state index in [1.807, 2.05) is 5.32 Å². The van der Waals surface area contributed by atoms with Gasteiger partial charge in [-0.3, -0.25) is 10.1 Å². The number of amides is 3. The van der Waals surface area contributed by atoms with Crippen LogP contribution in [0.1, 0.15) is 13.3 Å². The fourth-order valence-electron chi connectivity index (χ4n) is 0.960. The molecule has 68 valence electrons. The van der Waals surface area contributed by atoms with Gasteiger partial charge < -0.3 is 10.4 Å². The molecule has 0 spiro atoms. The molecule has 0 radical (unpaired) electrons. The minimum Gasteiger partial charge on any atom is -0.370 e. The lowest BCUT2D eigenvalue weighted by Gasteiger charge is -2.32. The van der Waals surface area contributed by atoms with E-state index >= 15 is 0 Å². The van der Waals surface area contributed by atoms with Crippen LogP contribution in [-0.4, -0.2) is 28.9 Å². The minimum atomic E-state index is -2.41. The molecule has 0 aromatic rings. The van der Waals surface area contributed by atoms with Crippen LogP contribution in [0.25, 0.3) is 0 Å². The lowest BCUT2D eigenvalue weighted by atomic mass is 9.98. The van der Waals surface area contributed by atoms with E-state index in [1.165, 1.54) is 6.92 Å². The van der Waals surface area contributed by atoms with E-state index in [2.05, 4.69) is 0 Å². The van der Waals surface area contributed by atoms with Gasteiger partial charge in [0.15, 0.2) is 6.23 Å². The average Bonchev–Trinajstić information content (AvgIpc) is 2.00. The highest BCUT2D eigenvalue weighted by molar-refractivity contribution is 6.01. The van der Waals surface area contributed by atoms with Gasteiger partial charge in [0.25, 0.3) is 5.91 Å². The first-order valence-corrected chi connectivity index (χ1v) is 3.49. The molecule has 1 saturated heterocycles. The average molecular weight is 176 g/mol. The van der Waals surface area contributed by atoms with Gasteiger partial charge in [-0.15, -0.1) is 0 Å². The fraction of sp³-hybridized carbons (Fsp3) is 0.667. The summed E-state index contributed by atoms with van der Waals surface area (Å²) in [5.74, 6) is -1.10. The summed E-state index contributed by atoms with van der Waals surface area (Å²) in [6, 6.07) is -0.880. The summed E-state index contributed by atoms with van der Waals surface area (Å²) in [4.78, 5) is 21.4. The lowest BCUT2D eigenvalue weighted by Crippen LogP contribution is -2.66. The molecule has 1 aliphatic heterocycles. The molecule has 3 amide bonds. The summed E-state index contributed by atoms with van der Waals surface area (Å²) in [5, 5.41) is 12.6. The van der Waals surface area contributed by atoms with E-state index < -0.39 is 23.8 Å². The number of urea groups is 1. The Morgan fingerprint density at radius 1 is 1.67 bits per heavy atom. The second-order valence-corrected chi connectivity index (χ2v) is 2.55. The normalized spacial score (nSPS) is 35.8. The number of rotatable bonds is 1. The number of carbonyl (C=O) groups excluding carboxylic acids is 2. The molecule has 6 heteroatoms. The standard InChI is InChI=1S/C6H9FN2O3/c1-2-6(7)3(10)8-5(12)9-4(6)11/h3,10H,2H2,1H3,(H2,8,9,11,12). The highest BCUT2D eigenvalue weighted by Crippen LogP contribution is 2.21. The predicted octanol–water partition coefficient (Wildman–Crippen LogP) is -0.738. The van der Waals surface area contributed by atoms with Crippen molar-refractivity contribution in [3.63, 3.8) is 0 Å². The molecule has 12 heavy (non-hydrogen) atoms. The smallest absolute Gasteiger partial charge is 0.323 e. The van der Waals surface area contributed by atoms with Crippen LogP contribution in [0.5, 0.6) is 0 Å². The molecule has 5 nitrogen and oxygen atoms in total. The van der Waals surface area contributed by atoms with Crippen molar-refractivity contribution in [2.75, 3.05) is 0 Å². The monoisotopic (exact) mass is 176 g/mol. The fourth-order valence-corrected chi connectivity index (χ4v) is 0.960. The maximum absolute atomic E-state index is 13.4. The maximum Gasteiger partial charge on any atom is 0.323 e. The second-order valence-electron chi connectivity index (χ2n) is 2.55. The van der Waals surface area contributed by atoms with Crippen LogP contribution in [0.4, 0.5) is 9.18 Å². The Hall–Kier alpha value is -1.17. The minimum absolute atomic E-state index is 0.194. The Labute approximate surface area is 67.9 Å². The van der Waals surface area contributed by atoms with Gasteiger partial charge in [0.2, 0.25) is 5.67 Å². The number of aliphatic hydroxyl groups excluding tert-OH is 1. The number of alkyl halides is 1. The van der Waals surface area contributed by atoms with Crippen LogP contribution in [0.3, 0.4) is 0 Å². The van der Waals surface area contributed by atoms with E-state index in [0.29, 0.717) is 0 Å². The Morgan fingerprint density at radius 2 is 2.25 bits per heavy atom. The van der Waals surface area contributed by atoms with Crippen molar-refractivity contribution in [3.05, 3.63) is 0 Å². The highest BCUT2D eigenvalue weighted by atomic mass is 19.1. The van der Waals surface area contributed by atoms with Crippen molar-refractivity contribution in [3.8, 4) is 0 Å². The zero-order valence-corrected chi connectivity index (χ0v) is 6.43. The van der Waals surface area contributed by atoms with Crippen molar-refractivity contribution in [2.45, 2.75) is 25.2 Å². The zero-order chi connectivity index (χ0) is 9.35. The summed E-state index contributed by atoms with van der Waals surface area (Å²) in [6.07, 6.45) is -1.95. The molecule has 1 heterocycles. The van der Waals surface area contributed by atoms with Gasteiger partial charge in [-0.1, -0.05) is 6.92 Å². The molecule has 0 bridgehead atoms. The van der Waals surface area contributed by atoms with Crippen LogP contribution in [0.15, 0.2) is 0 Å². The van der Waals surface area contributed by atoms with Crippen molar-refractivity contribution in [1.82, 2.24) is 10.6 Å². The van der Waals surface area contributed by atoms with Gasteiger partial charge in [0.05, 0.1) is 0 Å². The third-order valence-corrected chi connectivity index (χ3v) is 1.82. The molecule has 0 saturated carbocycles. The Morgan fingerprint density at radius 3 is 2.67 bits per heavy atom. The zero-order valence-electron chi connectivity index (χ0n) is 6.43. The summed E-state index contributed by atoms with van der Waals surface area (Å²) in [7, 11) is 0. The van der Waals surface area contributed by atoms with Crippen LogP contribution in [0, 0.1) is 0 Å². The molecule has 0 aliphatic carbocycles. The SMILES string of the molecule is CCC1(F)C(=O)NC(=O)NC1O. The van der Waals surface area contributed by atoms with Gasteiger partial charge in [0.1, 0.15) is 0 Å². The van der Waals surface area contributed by atoms with Crippen molar-refractivity contribution in [1.29, 1.82) is 0 Å². The number of imide groups is 1. The quantitative estimate of drug-likeness (QED) is 0.492. The highest BCUT2D eigenvalue weighted by Gasteiger charge is 2.49. The van der Waals surface area contributed by atoms with Crippen LogP contribution < -0.4 is 10.6 Å². The molecule has 0 aromatic heterocycles. The largest absolute Gasteiger partial charge is 0.370 e. The Kier molecular flexibility index (Phi) is 2.01. The van der Waals surface area contributed by atoms with Gasteiger partial charge in [-0.05, 0) is 6.42 Å². The van der Waals surface area contributed by atoms with Gasteiger partial charge in [-0.2, -0.15) is 0 Å². The molecule has 1 fully saturated rings. The number of halogens is 1. The van der Waals surface area contributed by atoms with Crippen molar-refractivity contribution in [2.24, 2.45) is 0 Å². The molecule has 2 atom stereocenters. The second kappa shape index (κ2) is 2.71. The van der Waals surface area contributed by atoms with E-state index in [-0.39, 0.29) is 6.42 Å². The van der Waals surface area contributed by atoms with E-state index in [4.69, 9.17) is 5.11 Å². The third kappa shape index (κ3) is 1.14. The molecule has 3 N–H and O–H groups in total. The number of carbonyl (C=O) groups is 2. The summed E-state index contributed by atoms with van der Waals surface area (Å²) < 4.78 is 13.4. The molecular formula is C6H9FN2O3. The van der Waals surface area contributed by atoms with Crippen molar-refractivity contribution < 1.29 is 19.1 Å². The van der Waals surface area contributed by atoms with Crippen LogP contribution in [-0.2, 0) is 4.79 Å². The first-order valence-electron chi connectivity index (χ1n) is 3.49. The topological polar surface area (TPSA) is 78.4 Å². The Bertz CT molecular complexity index is 233. The summed E-state index contributed by atoms with van der Waals surface area (Å²) >= 11 is 0. The summed E-state index contributed by atoms with van der Waals surface area (Å²) in [5.41, 5.74) is -2.41. The van der Waals surface area contributed by atoms with Gasteiger partial charge in [0, 0.05) is 0 Å². The molecule has 0 aromatic carbocycles. The van der Waals surface area contributed by atoms with Crippen LogP contribution in [0.2, 0.25) is 0 Å². The van der Waals surface area contributed by atoms with E-state index in [0.717, 1.165) is 0 Å². The Balaban J connectivity index is 2.87. The molecular weight excluding hydrogens is 167 g/mol. The molecule has 2 unspecified atom stereocenters. The van der Waals surface area contributed by atoms with Crippen LogP contribution >= 0.6 is 0 Å². The molecule has 1 aliphatic rings. The maximum atomic E-state index is 13.4. The predicted molar refractivity (Wildman–Crippen MR) is 36.8 cm³/mol.